The summed E-state index contributed by atoms with van der Waals surface area (Å²) in [7, 11) is 0. The molecule has 2 heterocycles. The summed E-state index contributed by atoms with van der Waals surface area (Å²) < 4.78 is 0. The quantitative estimate of drug-likeness (QED) is 0.524. The molecular formula is C32H42N2O2. The van der Waals surface area contributed by atoms with E-state index >= 15 is 0 Å². The van der Waals surface area contributed by atoms with Gasteiger partial charge in [0.15, 0.2) is 0 Å². The SMILES string of the molecule is CC12CC=C3CC4CCC(N5CCC(O)C5)CC4CC[C@]3(O)C1CCC2c1ccc2ccncc2c1. The summed E-state index contributed by atoms with van der Waals surface area (Å²) in [5, 5.41) is 25.0. The highest BCUT2D eigenvalue weighted by molar-refractivity contribution is 5.82. The van der Waals surface area contributed by atoms with Gasteiger partial charge in [-0.05, 0) is 122 Å². The van der Waals surface area contributed by atoms with Crippen molar-refractivity contribution in [3.8, 4) is 0 Å². The molecule has 4 fully saturated rings. The Balaban J connectivity index is 1.14. The lowest BCUT2D eigenvalue weighted by molar-refractivity contribution is -0.0502. The van der Waals surface area contributed by atoms with E-state index in [4.69, 9.17) is 0 Å². The van der Waals surface area contributed by atoms with Crippen LogP contribution in [-0.4, -0.2) is 50.9 Å². The van der Waals surface area contributed by atoms with Gasteiger partial charge in [0.2, 0.25) is 0 Å². The van der Waals surface area contributed by atoms with Gasteiger partial charge >= 0.3 is 0 Å². The smallest absolute Gasteiger partial charge is 0.0890 e. The van der Waals surface area contributed by atoms with E-state index in [1.54, 1.807) is 0 Å². The monoisotopic (exact) mass is 486 g/mol. The summed E-state index contributed by atoms with van der Waals surface area (Å²) in [4.78, 5) is 6.92. The molecule has 4 heteroatoms. The van der Waals surface area contributed by atoms with Crippen LogP contribution in [0.5, 0.6) is 0 Å². The van der Waals surface area contributed by atoms with Gasteiger partial charge in [-0.3, -0.25) is 9.88 Å². The first-order chi connectivity index (χ1) is 17.4. The van der Waals surface area contributed by atoms with Crippen molar-refractivity contribution in [2.24, 2.45) is 23.2 Å². The normalized spacial score (nSPS) is 42.9. The predicted molar refractivity (Wildman–Crippen MR) is 144 cm³/mol. The summed E-state index contributed by atoms with van der Waals surface area (Å²) >= 11 is 0. The number of likely N-dealkylation sites (tertiary alicyclic amines) is 1. The van der Waals surface area contributed by atoms with E-state index in [-0.39, 0.29) is 11.5 Å². The highest BCUT2D eigenvalue weighted by Crippen LogP contribution is 2.64. The minimum Gasteiger partial charge on any atom is -0.392 e. The van der Waals surface area contributed by atoms with Gasteiger partial charge in [0.1, 0.15) is 0 Å². The first kappa shape index (κ1) is 23.4. The van der Waals surface area contributed by atoms with Crippen LogP contribution in [0.4, 0.5) is 0 Å². The Morgan fingerprint density at radius 3 is 2.78 bits per heavy atom. The van der Waals surface area contributed by atoms with Crippen LogP contribution >= 0.6 is 0 Å². The number of benzene rings is 1. The molecule has 8 atom stereocenters. The lowest BCUT2D eigenvalue weighted by atomic mass is 9.57. The number of allylic oxidation sites excluding steroid dienone is 1. The van der Waals surface area contributed by atoms with Gasteiger partial charge in [0.05, 0.1) is 11.7 Å². The van der Waals surface area contributed by atoms with Gasteiger partial charge in [-0.2, -0.15) is 0 Å². The molecule has 1 saturated heterocycles. The first-order valence-corrected chi connectivity index (χ1v) is 14.6. The van der Waals surface area contributed by atoms with Crippen LogP contribution in [0.15, 0.2) is 48.3 Å². The van der Waals surface area contributed by atoms with Crippen molar-refractivity contribution in [3.63, 3.8) is 0 Å². The van der Waals surface area contributed by atoms with E-state index in [1.165, 1.54) is 47.6 Å². The standard InChI is InChI=1S/C32H42N2O2/c1-31-12-9-26-17-22-4-5-27(34-15-11-28(35)20-34)18-23(22)8-13-32(26,36)30(31)7-6-29(31)24-3-2-21-10-14-33-19-25(21)16-24/h2-3,9-10,14,16,19,22-23,27-30,35-36H,4-8,11-13,15,17-18,20H2,1H3/t22?,23?,27?,28?,29?,30?,31?,32-/m1/s1. The molecule has 4 aliphatic carbocycles. The van der Waals surface area contributed by atoms with Crippen LogP contribution in [0.3, 0.4) is 0 Å². The predicted octanol–water partition coefficient (Wildman–Crippen LogP) is 5.83. The Morgan fingerprint density at radius 1 is 1.00 bits per heavy atom. The van der Waals surface area contributed by atoms with Crippen molar-refractivity contribution in [3.05, 3.63) is 53.9 Å². The maximum Gasteiger partial charge on any atom is 0.0890 e. The highest BCUT2D eigenvalue weighted by atomic mass is 16.3. The molecule has 1 aliphatic heterocycles. The Morgan fingerprint density at radius 2 is 1.92 bits per heavy atom. The fourth-order valence-corrected chi connectivity index (χ4v) is 9.55. The average molecular weight is 487 g/mol. The largest absolute Gasteiger partial charge is 0.392 e. The third-order valence-electron chi connectivity index (χ3n) is 11.5. The number of aliphatic hydroxyl groups is 2. The summed E-state index contributed by atoms with van der Waals surface area (Å²) in [6.07, 6.45) is 17.6. The molecule has 7 rings (SSSR count). The summed E-state index contributed by atoms with van der Waals surface area (Å²) in [5.41, 5.74) is 2.30. The molecule has 1 aromatic heterocycles. The van der Waals surface area contributed by atoms with Gasteiger partial charge in [0, 0.05) is 36.9 Å². The van der Waals surface area contributed by atoms with E-state index in [0.29, 0.717) is 23.8 Å². The molecule has 2 aromatic rings. The molecule has 192 valence electrons. The Labute approximate surface area is 215 Å². The molecule has 0 amide bonds. The molecule has 0 radical (unpaired) electrons. The molecule has 36 heavy (non-hydrogen) atoms. The van der Waals surface area contributed by atoms with E-state index in [2.05, 4.69) is 47.1 Å². The Bertz CT molecular complexity index is 1180. The lowest BCUT2D eigenvalue weighted by Crippen LogP contribution is -2.49. The number of rotatable bonds is 2. The zero-order valence-electron chi connectivity index (χ0n) is 21.8. The molecule has 5 aliphatic rings. The minimum absolute atomic E-state index is 0.109. The van der Waals surface area contributed by atoms with Crippen LogP contribution in [0.25, 0.3) is 10.8 Å². The van der Waals surface area contributed by atoms with E-state index in [0.717, 1.165) is 57.5 Å². The molecule has 2 N–H and O–H groups in total. The van der Waals surface area contributed by atoms with Crippen LogP contribution < -0.4 is 0 Å². The van der Waals surface area contributed by atoms with Gasteiger partial charge in [-0.1, -0.05) is 25.1 Å². The Hall–Kier alpha value is -1.75. The molecule has 1 aromatic carbocycles. The zero-order valence-corrected chi connectivity index (χ0v) is 21.8. The number of pyridine rings is 1. The van der Waals surface area contributed by atoms with Crippen molar-refractivity contribution in [1.82, 2.24) is 9.88 Å². The van der Waals surface area contributed by atoms with Crippen molar-refractivity contribution >= 4 is 10.8 Å². The molecule has 4 nitrogen and oxygen atoms in total. The number of β-amino-alcohol motifs (C(OH)–C–C–N with tert-alkyl or cyclic N) is 1. The summed E-state index contributed by atoms with van der Waals surface area (Å²) in [5.74, 6) is 2.28. The maximum absolute atomic E-state index is 12.5. The van der Waals surface area contributed by atoms with Crippen molar-refractivity contribution in [2.45, 2.75) is 94.8 Å². The van der Waals surface area contributed by atoms with Crippen molar-refractivity contribution < 1.29 is 10.2 Å². The molecular weight excluding hydrogens is 444 g/mol. The number of aromatic nitrogens is 1. The fraction of sp³-hybridized carbons (Fsp3) is 0.656. The Kier molecular flexibility index (Phi) is 5.61. The van der Waals surface area contributed by atoms with E-state index in [1.807, 2.05) is 12.4 Å². The third kappa shape index (κ3) is 3.62. The van der Waals surface area contributed by atoms with E-state index < -0.39 is 5.60 Å². The minimum atomic E-state index is -0.628. The molecule has 7 unspecified atom stereocenters. The van der Waals surface area contributed by atoms with Crippen molar-refractivity contribution in [1.29, 1.82) is 0 Å². The zero-order chi connectivity index (χ0) is 24.5. The highest BCUT2D eigenvalue weighted by Gasteiger charge is 2.59. The number of hydrogen-bond donors (Lipinski definition) is 2. The van der Waals surface area contributed by atoms with Crippen LogP contribution in [0.2, 0.25) is 0 Å². The average Bonchev–Trinajstić information content (AvgIpc) is 3.44. The fourth-order valence-electron chi connectivity index (χ4n) is 9.55. The first-order valence-electron chi connectivity index (χ1n) is 14.6. The third-order valence-corrected chi connectivity index (χ3v) is 11.5. The summed E-state index contributed by atoms with van der Waals surface area (Å²) in [6, 6.07) is 9.68. The number of fused-ring (bicyclic) bond motifs is 5. The maximum atomic E-state index is 12.5. The topological polar surface area (TPSA) is 56.6 Å². The summed E-state index contributed by atoms with van der Waals surface area (Å²) in [6.45, 7) is 4.40. The second kappa shape index (κ2) is 8.64. The van der Waals surface area contributed by atoms with Gasteiger partial charge < -0.3 is 10.2 Å². The van der Waals surface area contributed by atoms with Gasteiger partial charge in [-0.15, -0.1) is 0 Å². The van der Waals surface area contributed by atoms with Gasteiger partial charge in [-0.25, -0.2) is 0 Å². The number of aliphatic hydroxyl groups excluding tert-OH is 1. The molecule has 0 bridgehead atoms. The van der Waals surface area contributed by atoms with Crippen LogP contribution in [0.1, 0.15) is 82.6 Å². The molecule has 3 saturated carbocycles. The second-order valence-corrected chi connectivity index (χ2v) is 13.2. The van der Waals surface area contributed by atoms with E-state index in [9.17, 15) is 10.2 Å². The number of hydrogen-bond acceptors (Lipinski definition) is 4. The number of nitrogens with zero attached hydrogens (tertiary/aromatic N) is 2. The van der Waals surface area contributed by atoms with Crippen LogP contribution in [-0.2, 0) is 0 Å². The lowest BCUT2D eigenvalue weighted by Gasteiger charge is -2.50. The second-order valence-electron chi connectivity index (χ2n) is 13.2. The van der Waals surface area contributed by atoms with Crippen molar-refractivity contribution in [2.75, 3.05) is 13.1 Å². The molecule has 0 spiro atoms. The van der Waals surface area contributed by atoms with Gasteiger partial charge in [0.25, 0.3) is 0 Å². The van der Waals surface area contributed by atoms with Crippen LogP contribution in [0, 0.1) is 23.2 Å².